The molecule has 0 saturated carbocycles. The number of fused-ring (bicyclic) bond motifs is 1. The Hall–Kier alpha value is -2.11. The number of anilines is 1. The zero-order valence-electron chi connectivity index (χ0n) is 19.1. The molecule has 0 aliphatic carbocycles. The molecule has 0 aromatic heterocycles. The van der Waals surface area contributed by atoms with Crippen LogP contribution in [-0.4, -0.2) is 89.7 Å². The quantitative estimate of drug-likeness (QED) is 0.632. The average molecular weight is 506 g/mol. The Morgan fingerprint density at radius 1 is 1.03 bits per heavy atom. The van der Waals surface area contributed by atoms with Gasteiger partial charge < -0.3 is 16.0 Å². The highest BCUT2D eigenvalue weighted by Gasteiger charge is 2.46. The van der Waals surface area contributed by atoms with Gasteiger partial charge in [-0.25, -0.2) is 8.42 Å². The highest BCUT2D eigenvalue weighted by molar-refractivity contribution is 8.15. The number of nitrogens with zero attached hydrogens (tertiary/aromatic N) is 3. The van der Waals surface area contributed by atoms with E-state index in [1.807, 2.05) is 17.0 Å². The Kier molecular flexibility index (Phi) is 6.36. The maximum atomic E-state index is 13.1. The molecule has 3 N–H and O–H groups in total. The van der Waals surface area contributed by atoms with E-state index in [4.69, 9.17) is 5.73 Å². The number of sulfone groups is 1. The van der Waals surface area contributed by atoms with Crippen LogP contribution in [0.25, 0.3) is 0 Å². The normalized spacial score (nSPS) is 28.2. The molecule has 5 rings (SSSR count). The van der Waals surface area contributed by atoms with Crippen LogP contribution in [0, 0.1) is 0 Å². The summed E-state index contributed by atoms with van der Waals surface area (Å²) in [6.07, 6.45) is 4.51. The van der Waals surface area contributed by atoms with Crippen LogP contribution >= 0.6 is 11.8 Å². The van der Waals surface area contributed by atoms with Gasteiger partial charge in [0.2, 0.25) is 5.91 Å². The summed E-state index contributed by atoms with van der Waals surface area (Å²) in [5, 5.41) is 3.95. The molecule has 2 amide bonds. The number of nitrogens with one attached hydrogen (secondary N) is 1. The second kappa shape index (κ2) is 9.16. The number of primary amides is 1. The fourth-order valence-corrected chi connectivity index (χ4v) is 9.21. The van der Waals surface area contributed by atoms with Crippen molar-refractivity contribution >= 4 is 44.3 Å². The van der Waals surface area contributed by atoms with Gasteiger partial charge in [0.25, 0.3) is 5.91 Å². The first-order valence-corrected chi connectivity index (χ1v) is 14.6. The largest absolute Gasteiger partial charge is 0.368 e. The molecular weight excluding hydrogens is 474 g/mol. The Balaban J connectivity index is 1.19. The van der Waals surface area contributed by atoms with Gasteiger partial charge in [0, 0.05) is 29.6 Å². The highest BCUT2D eigenvalue weighted by Crippen LogP contribution is 2.35. The molecule has 4 aliphatic heterocycles. The molecule has 9 nitrogen and oxygen atoms in total. The number of aliphatic imine (C=N–C) groups is 1. The van der Waals surface area contributed by atoms with Crippen molar-refractivity contribution in [2.24, 2.45) is 10.7 Å². The lowest BCUT2D eigenvalue weighted by atomic mass is 9.83. The number of benzene rings is 1. The maximum absolute atomic E-state index is 13.1. The summed E-state index contributed by atoms with van der Waals surface area (Å²) in [5.74, 6) is -0.0230. The molecule has 4 aliphatic rings. The Morgan fingerprint density at radius 3 is 2.32 bits per heavy atom. The van der Waals surface area contributed by atoms with Crippen molar-refractivity contribution in [1.82, 2.24) is 9.80 Å². The molecule has 3 saturated heterocycles. The van der Waals surface area contributed by atoms with E-state index in [-0.39, 0.29) is 34.6 Å². The number of rotatable bonds is 4. The van der Waals surface area contributed by atoms with Crippen LogP contribution < -0.4 is 11.1 Å². The topological polar surface area (TPSA) is 125 Å². The summed E-state index contributed by atoms with van der Waals surface area (Å²) in [4.78, 5) is 34.1. The third-order valence-corrected chi connectivity index (χ3v) is 10.6. The first-order valence-electron chi connectivity index (χ1n) is 11.9. The van der Waals surface area contributed by atoms with E-state index in [0.29, 0.717) is 31.5 Å². The fourth-order valence-electron chi connectivity index (χ4n) is 5.54. The molecule has 3 fully saturated rings. The molecule has 0 spiro atoms. The molecule has 0 unspecified atom stereocenters. The van der Waals surface area contributed by atoms with E-state index in [2.05, 4.69) is 15.2 Å². The van der Waals surface area contributed by atoms with Crippen LogP contribution in [0.3, 0.4) is 0 Å². The molecule has 1 aromatic rings. The van der Waals surface area contributed by atoms with E-state index < -0.39 is 15.4 Å². The number of amides is 2. The number of thioether (sulfide) groups is 1. The van der Waals surface area contributed by atoms with E-state index >= 15 is 0 Å². The van der Waals surface area contributed by atoms with Crippen molar-refractivity contribution < 1.29 is 18.0 Å². The van der Waals surface area contributed by atoms with Crippen LogP contribution in [0.5, 0.6) is 0 Å². The Morgan fingerprint density at radius 2 is 1.71 bits per heavy atom. The molecule has 0 bridgehead atoms. The molecule has 1 aromatic carbocycles. The van der Waals surface area contributed by atoms with Gasteiger partial charge in [-0.3, -0.25) is 19.5 Å². The minimum atomic E-state index is -2.97. The van der Waals surface area contributed by atoms with E-state index in [1.165, 1.54) is 18.2 Å². The van der Waals surface area contributed by atoms with Crippen LogP contribution in [0.2, 0.25) is 0 Å². The minimum Gasteiger partial charge on any atom is -0.368 e. The first kappa shape index (κ1) is 23.6. The van der Waals surface area contributed by atoms with Gasteiger partial charge in [-0.2, -0.15) is 0 Å². The maximum Gasteiger partial charge on any atom is 0.253 e. The summed E-state index contributed by atoms with van der Waals surface area (Å²) >= 11 is 1.47. The number of carbonyl (C=O) groups excluding carboxylic acids is 2. The van der Waals surface area contributed by atoms with E-state index in [1.54, 1.807) is 12.1 Å². The molecule has 0 radical (unpaired) electrons. The number of nitrogens with two attached hydrogens (primary N) is 1. The predicted octanol–water partition coefficient (Wildman–Crippen LogP) is 1.31. The predicted molar refractivity (Wildman–Crippen MR) is 134 cm³/mol. The van der Waals surface area contributed by atoms with Crippen molar-refractivity contribution in [3.05, 3.63) is 29.8 Å². The van der Waals surface area contributed by atoms with Crippen LogP contribution in [0.4, 0.5) is 5.69 Å². The van der Waals surface area contributed by atoms with Crippen molar-refractivity contribution in [2.45, 2.75) is 48.9 Å². The average Bonchev–Trinajstić information content (AvgIpc) is 3.32. The number of hydrogen-bond donors (Lipinski definition) is 2. The Bertz CT molecular complexity index is 1090. The summed E-state index contributed by atoms with van der Waals surface area (Å²) in [7, 11) is -2.97. The zero-order chi connectivity index (χ0) is 23.9. The molecule has 11 heteroatoms. The molecule has 4 heterocycles. The van der Waals surface area contributed by atoms with Crippen molar-refractivity contribution in [3.8, 4) is 0 Å². The molecule has 2 atom stereocenters. The van der Waals surface area contributed by atoms with Crippen molar-refractivity contribution in [2.75, 3.05) is 43.0 Å². The summed E-state index contributed by atoms with van der Waals surface area (Å²) in [6.45, 7) is 2.81. The third kappa shape index (κ3) is 4.57. The highest BCUT2D eigenvalue weighted by atomic mass is 32.2. The number of amidine groups is 1. The Labute approximate surface area is 204 Å². The lowest BCUT2D eigenvalue weighted by Crippen LogP contribution is -2.63. The fraction of sp³-hybridized carbons (Fsp3) is 0.609. The van der Waals surface area contributed by atoms with Crippen LogP contribution in [-0.2, 0) is 14.6 Å². The number of piperidine rings is 2. The third-order valence-electron chi connectivity index (χ3n) is 7.50. The smallest absolute Gasteiger partial charge is 0.253 e. The van der Waals surface area contributed by atoms with Crippen molar-refractivity contribution in [1.29, 1.82) is 0 Å². The van der Waals surface area contributed by atoms with Crippen LogP contribution in [0.1, 0.15) is 42.5 Å². The van der Waals surface area contributed by atoms with E-state index in [0.717, 1.165) is 36.8 Å². The molecule has 184 valence electrons. The summed E-state index contributed by atoms with van der Waals surface area (Å²) in [5.41, 5.74) is 6.63. The van der Waals surface area contributed by atoms with Gasteiger partial charge in [-0.15, -0.1) is 0 Å². The van der Waals surface area contributed by atoms with Crippen molar-refractivity contribution in [3.63, 3.8) is 0 Å². The lowest BCUT2D eigenvalue weighted by Gasteiger charge is -2.48. The van der Waals surface area contributed by atoms with Gasteiger partial charge in [-0.05, 0) is 63.0 Å². The lowest BCUT2D eigenvalue weighted by molar-refractivity contribution is -0.134. The van der Waals surface area contributed by atoms with E-state index in [9.17, 15) is 18.0 Å². The van der Waals surface area contributed by atoms with Gasteiger partial charge in [-0.1, -0.05) is 18.2 Å². The number of likely N-dealkylation sites (tertiary alicyclic amines) is 2. The molecule has 34 heavy (non-hydrogen) atoms. The second-order valence-corrected chi connectivity index (χ2v) is 13.1. The van der Waals surface area contributed by atoms with Crippen LogP contribution in [0.15, 0.2) is 29.3 Å². The minimum absolute atomic E-state index is 0.00934. The standard InChI is InChI=1S/C23H31N5O4S2/c24-21(30)23(28-10-2-1-3-11-28)8-12-27(13-9-23)20(29)16-4-6-17(7-5-16)25-22-26-18-14-34(31,32)15-19(18)33-22/h4-7,18-19H,1-3,8-15H2,(H2,24,30)(H,25,26)/t18-,19-/m1/s1. The zero-order valence-corrected chi connectivity index (χ0v) is 20.7. The summed E-state index contributed by atoms with van der Waals surface area (Å²) in [6, 6.07) is 7.09. The molecular formula is C23H31N5O4S2. The van der Waals surface area contributed by atoms with Gasteiger partial charge in [0.05, 0.1) is 17.5 Å². The number of hydrogen-bond acceptors (Lipinski definition) is 8. The van der Waals surface area contributed by atoms with Gasteiger partial charge in [0.15, 0.2) is 15.0 Å². The second-order valence-electron chi connectivity index (χ2n) is 9.67. The monoisotopic (exact) mass is 505 g/mol. The SMILES string of the molecule is NC(=O)C1(N2CCCCC2)CCN(C(=O)c2ccc(NC3=N[C@@H]4CS(=O)(=O)C[C@H]4S3)cc2)CC1. The first-order chi connectivity index (χ1) is 16.3. The van der Waals surface area contributed by atoms with Gasteiger partial charge >= 0.3 is 0 Å². The summed E-state index contributed by atoms with van der Waals surface area (Å²) < 4.78 is 23.5. The number of carbonyl (C=O) groups is 2. The van der Waals surface area contributed by atoms with Gasteiger partial charge in [0.1, 0.15) is 5.54 Å².